The van der Waals surface area contributed by atoms with E-state index in [-0.39, 0.29) is 5.91 Å². The highest BCUT2D eigenvalue weighted by Crippen LogP contribution is 2.23. The zero-order chi connectivity index (χ0) is 12.8. The predicted molar refractivity (Wildman–Crippen MR) is 68.8 cm³/mol. The third kappa shape index (κ3) is 3.76. The lowest BCUT2D eigenvalue weighted by Gasteiger charge is -2.11. The van der Waals surface area contributed by atoms with Gasteiger partial charge in [-0.2, -0.15) is 5.26 Å². The van der Waals surface area contributed by atoms with E-state index in [0.717, 1.165) is 12.0 Å². The maximum Gasteiger partial charge on any atom is 0.241 e. The van der Waals surface area contributed by atoms with Gasteiger partial charge in [0.2, 0.25) is 5.91 Å². The Morgan fingerprint density at radius 1 is 1.59 bits per heavy atom. The first-order chi connectivity index (χ1) is 8.08. The van der Waals surface area contributed by atoms with Crippen LogP contribution in [0.15, 0.2) is 18.2 Å². The van der Waals surface area contributed by atoms with Gasteiger partial charge in [0.25, 0.3) is 0 Å². The van der Waals surface area contributed by atoms with E-state index in [2.05, 4.69) is 5.32 Å². The molecule has 0 aliphatic rings. The summed E-state index contributed by atoms with van der Waals surface area (Å²) in [7, 11) is 0. The monoisotopic (exact) mass is 250 g/mol. The molecule has 1 N–H and O–H groups in total. The van der Waals surface area contributed by atoms with Crippen LogP contribution >= 0.6 is 11.6 Å². The van der Waals surface area contributed by atoms with Gasteiger partial charge in [0.05, 0.1) is 16.8 Å². The van der Waals surface area contributed by atoms with Gasteiger partial charge in [0.15, 0.2) is 0 Å². The highest BCUT2D eigenvalue weighted by molar-refractivity contribution is 6.33. The van der Waals surface area contributed by atoms with Crippen molar-refractivity contribution in [2.24, 2.45) is 5.92 Å². The summed E-state index contributed by atoms with van der Waals surface area (Å²) in [6, 6.07) is 7.39. The minimum Gasteiger partial charge on any atom is -0.324 e. The summed E-state index contributed by atoms with van der Waals surface area (Å²) in [5.41, 5.74) is 1.57. The first-order valence-electron chi connectivity index (χ1n) is 5.55. The number of hydrogen-bond donors (Lipinski definition) is 1. The number of hydrogen-bond acceptors (Lipinski definition) is 2. The molecular formula is C13H15ClN2O. The summed E-state index contributed by atoms with van der Waals surface area (Å²) in [6.45, 7) is 3.86. The third-order valence-corrected chi connectivity index (χ3v) is 2.76. The van der Waals surface area contributed by atoms with Gasteiger partial charge < -0.3 is 5.32 Å². The van der Waals surface area contributed by atoms with Crippen molar-refractivity contribution in [3.05, 3.63) is 28.8 Å². The average Bonchev–Trinajstić information content (AvgIpc) is 2.30. The van der Waals surface area contributed by atoms with Crippen molar-refractivity contribution in [3.8, 4) is 6.07 Å². The minimum atomic E-state index is -0.614. The van der Waals surface area contributed by atoms with Crippen LogP contribution in [-0.4, -0.2) is 5.91 Å². The van der Waals surface area contributed by atoms with Crippen LogP contribution in [0.2, 0.25) is 5.02 Å². The quantitative estimate of drug-likeness (QED) is 0.889. The molecule has 1 aromatic rings. The molecule has 1 unspecified atom stereocenters. The largest absolute Gasteiger partial charge is 0.324 e. The Morgan fingerprint density at radius 2 is 2.29 bits per heavy atom. The number of carbonyl (C=O) groups is 1. The van der Waals surface area contributed by atoms with Gasteiger partial charge in [-0.15, -0.1) is 0 Å². The molecule has 1 rings (SSSR count). The summed E-state index contributed by atoms with van der Waals surface area (Å²) < 4.78 is 0. The molecule has 17 heavy (non-hydrogen) atoms. The van der Waals surface area contributed by atoms with E-state index >= 15 is 0 Å². The van der Waals surface area contributed by atoms with Crippen LogP contribution in [0.1, 0.15) is 25.3 Å². The lowest BCUT2D eigenvalue weighted by molar-refractivity contribution is -0.118. The Bertz CT molecular complexity index is 451. The third-order valence-electron chi connectivity index (χ3n) is 2.43. The summed E-state index contributed by atoms with van der Waals surface area (Å²) in [5.74, 6) is -0.904. The van der Waals surface area contributed by atoms with Crippen molar-refractivity contribution < 1.29 is 4.79 Å². The Labute approximate surface area is 106 Å². The summed E-state index contributed by atoms with van der Waals surface area (Å²) in [5, 5.41) is 12.1. The number of nitriles is 1. The van der Waals surface area contributed by atoms with E-state index < -0.39 is 5.92 Å². The highest BCUT2D eigenvalue weighted by atomic mass is 35.5. The Hall–Kier alpha value is -1.53. The molecular weight excluding hydrogens is 236 g/mol. The first kappa shape index (κ1) is 13.5. The van der Waals surface area contributed by atoms with Gasteiger partial charge in [-0.05, 0) is 31.0 Å². The Morgan fingerprint density at radius 3 is 2.88 bits per heavy atom. The maximum atomic E-state index is 11.8. The van der Waals surface area contributed by atoms with Crippen LogP contribution in [0.25, 0.3) is 0 Å². The second kappa shape index (κ2) is 6.27. The van der Waals surface area contributed by atoms with Gasteiger partial charge >= 0.3 is 0 Å². The molecule has 90 valence electrons. The number of benzene rings is 1. The van der Waals surface area contributed by atoms with Gasteiger partial charge in [-0.25, -0.2) is 0 Å². The molecule has 3 nitrogen and oxygen atoms in total. The molecule has 0 fully saturated rings. The fourth-order valence-electron chi connectivity index (χ4n) is 1.50. The van der Waals surface area contributed by atoms with Crippen LogP contribution < -0.4 is 5.32 Å². The number of nitrogens with one attached hydrogen (secondary N) is 1. The van der Waals surface area contributed by atoms with Crippen LogP contribution in [0, 0.1) is 24.2 Å². The van der Waals surface area contributed by atoms with Crippen molar-refractivity contribution in [2.45, 2.75) is 26.7 Å². The molecule has 0 aliphatic heterocycles. The smallest absolute Gasteiger partial charge is 0.241 e. The molecule has 0 radical (unpaired) electrons. The van der Waals surface area contributed by atoms with E-state index in [1.807, 2.05) is 26.0 Å². The van der Waals surface area contributed by atoms with Crippen molar-refractivity contribution >= 4 is 23.2 Å². The molecule has 0 saturated carbocycles. The van der Waals surface area contributed by atoms with Gasteiger partial charge in [-0.1, -0.05) is 31.0 Å². The highest BCUT2D eigenvalue weighted by Gasteiger charge is 2.17. The fraction of sp³-hybridized carbons (Fsp3) is 0.385. The number of nitrogens with zero attached hydrogens (tertiary/aromatic N) is 1. The van der Waals surface area contributed by atoms with Gasteiger partial charge in [0, 0.05) is 0 Å². The lowest BCUT2D eigenvalue weighted by Crippen LogP contribution is -2.21. The van der Waals surface area contributed by atoms with Crippen molar-refractivity contribution in [3.63, 3.8) is 0 Å². The van der Waals surface area contributed by atoms with E-state index in [4.69, 9.17) is 16.9 Å². The molecule has 0 aliphatic carbocycles. The zero-order valence-electron chi connectivity index (χ0n) is 9.96. The van der Waals surface area contributed by atoms with Crippen LogP contribution in [-0.2, 0) is 4.79 Å². The van der Waals surface area contributed by atoms with E-state index in [0.29, 0.717) is 17.1 Å². The number of amides is 1. The van der Waals surface area contributed by atoms with Gasteiger partial charge in [0.1, 0.15) is 5.92 Å². The van der Waals surface area contributed by atoms with Crippen molar-refractivity contribution in [1.29, 1.82) is 5.26 Å². The number of carbonyl (C=O) groups excluding carboxylic acids is 1. The van der Waals surface area contributed by atoms with Crippen LogP contribution in [0.5, 0.6) is 0 Å². The number of aryl methyl sites for hydroxylation is 1. The summed E-state index contributed by atoms with van der Waals surface area (Å²) >= 11 is 5.97. The van der Waals surface area contributed by atoms with E-state index in [1.54, 1.807) is 12.1 Å². The molecule has 1 amide bonds. The summed E-state index contributed by atoms with van der Waals surface area (Å²) in [4.78, 5) is 11.8. The second-order valence-electron chi connectivity index (χ2n) is 3.94. The van der Waals surface area contributed by atoms with Crippen LogP contribution in [0.4, 0.5) is 5.69 Å². The molecule has 0 saturated heterocycles. The standard InChI is InChI=1S/C13H15ClN2O/c1-3-4-10(8-15)13(17)16-12-7-9(2)5-6-11(12)14/h5-7,10H,3-4H2,1-2H3,(H,16,17). The topological polar surface area (TPSA) is 52.9 Å². The average molecular weight is 251 g/mol. The predicted octanol–water partition coefficient (Wildman–Crippen LogP) is 3.53. The lowest BCUT2D eigenvalue weighted by atomic mass is 10.0. The van der Waals surface area contributed by atoms with Crippen LogP contribution in [0.3, 0.4) is 0 Å². The first-order valence-corrected chi connectivity index (χ1v) is 5.93. The Balaban J connectivity index is 2.80. The summed E-state index contributed by atoms with van der Waals surface area (Å²) in [6.07, 6.45) is 1.36. The van der Waals surface area contributed by atoms with E-state index in [1.165, 1.54) is 0 Å². The van der Waals surface area contributed by atoms with E-state index in [9.17, 15) is 4.79 Å². The zero-order valence-corrected chi connectivity index (χ0v) is 10.7. The normalized spacial score (nSPS) is 11.6. The second-order valence-corrected chi connectivity index (χ2v) is 4.35. The van der Waals surface area contributed by atoms with Crippen molar-refractivity contribution in [2.75, 3.05) is 5.32 Å². The van der Waals surface area contributed by atoms with Crippen molar-refractivity contribution in [1.82, 2.24) is 0 Å². The Kier molecular flexibility index (Phi) is 4.99. The maximum absolute atomic E-state index is 11.8. The molecule has 0 aromatic heterocycles. The van der Waals surface area contributed by atoms with Gasteiger partial charge in [-0.3, -0.25) is 4.79 Å². The molecule has 0 heterocycles. The minimum absolute atomic E-state index is 0.290. The fourth-order valence-corrected chi connectivity index (χ4v) is 1.66. The molecule has 0 bridgehead atoms. The SMILES string of the molecule is CCCC(C#N)C(=O)Nc1cc(C)ccc1Cl. The number of anilines is 1. The molecule has 0 spiro atoms. The molecule has 1 atom stereocenters. The molecule has 1 aromatic carbocycles. The number of rotatable bonds is 4. The molecule has 4 heteroatoms. The number of halogens is 1.